The van der Waals surface area contributed by atoms with E-state index in [4.69, 9.17) is 0 Å². The number of carboxylic acids is 1. The molecule has 0 saturated heterocycles. The van der Waals surface area contributed by atoms with Gasteiger partial charge < -0.3 is 10.2 Å². The number of phenols is 1. The van der Waals surface area contributed by atoms with Gasteiger partial charge in [-0.05, 0) is 30.5 Å². The number of para-hydroxylation sites is 1. The van der Waals surface area contributed by atoms with Crippen LogP contribution in [-0.2, 0) is 0 Å². The first-order valence-electron chi connectivity index (χ1n) is 8.74. The predicted molar refractivity (Wildman–Crippen MR) is 108 cm³/mol. The van der Waals surface area contributed by atoms with Crippen LogP contribution in [0.2, 0.25) is 0 Å². The molecular formula is C21H16N4O4. The zero-order valence-electron chi connectivity index (χ0n) is 15.3. The maximum absolute atomic E-state index is 12.7. The lowest BCUT2D eigenvalue weighted by atomic mass is 10.0. The monoisotopic (exact) mass is 388 g/mol. The summed E-state index contributed by atoms with van der Waals surface area (Å²) < 4.78 is 1.36. The van der Waals surface area contributed by atoms with Gasteiger partial charge in [-0.1, -0.05) is 42.5 Å². The Balaban J connectivity index is 1.84. The first-order chi connectivity index (χ1) is 14.0. The maximum Gasteiger partial charge on any atom is 0.336 e. The summed E-state index contributed by atoms with van der Waals surface area (Å²) in [5.41, 5.74) is 0.927. The second kappa shape index (κ2) is 7.08. The largest absolute Gasteiger partial charge is 0.506 e. The topological polar surface area (TPSA) is 120 Å². The molecule has 1 aromatic heterocycles. The fourth-order valence-corrected chi connectivity index (χ4v) is 3.14. The number of hydrogen-bond donors (Lipinski definition) is 3. The molecule has 8 heteroatoms. The normalized spacial score (nSPS) is 11.3. The van der Waals surface area contributed by atoms with Crippen LogP contribution in [0, 0.1) is 6.92 Å². The van der Waals surface area contributed by atoms with Crippen LogP contribution in [0.15, 0.2) is 75.7 Å². The minimum Gasteiger partial charge on any atom is -0.506 e. The Morgan fingerprint density at radius 3 is 2.28 bits per heavy atom. The number of phenolic OH excluding ortho intramolecular Hbond substituents is 1. The molecule has 0 saturated carbocycles. The lowest BCUT2D eigenvalue weighted by Crippen LogP contribution is -2.13. The van der Waals surface area contributed by atoms with Crippen molar-refractivity contribution < 1.29 is 15.0 Å². The van der Waals surface area contributed by atoms with Crippen molar-refractivity contribution in [1.82, 2.24) is 9.78 Å². The minimum absolute atomic E-state index is 0.0405. The van der Waals surface area contributed by atoms with Gasteiger partial charge in [0, 0.05) is 5.39 Å². The number of fused-ring (bicyclic) bond motifs is 1. The molecule has 144 valence electrons. The van der Waals surface area contributed by atoms with E-state index in [0.717, 1.165) is 6.07 Å². The van der Waals surface area contributed by atoms with Gasteiger partial charge in [0.15, 0.2) is 5.69 Å². The molecule has 0 aliphatic heterocycles. The number of carboxylic acid groups (broad SMARTS) is 1. The molecule has 0 atom stereocenters. The van der Waals surface area contributed by atoms with Crippen molar-refractivity contribution in [3.63, 3.8) is 0 Å². The van der Waals surface area contributed by atoms with Crippen LogP contribution in [0.5, 0.6) is 5.75 Å². The second-order valence-corrected chi connectivity index (χ2v) is 6.40. The highest BCUT2D eigenvalue weighted by Gasteiger charge is 2.17. The number of nitrogens with one attached hydrogen (secondary N) is 1. The highest BCUT2D eigenvalue weighted by atomic mass is 16.4. The fourth-order valence-electron chi connectivity index (χ4n) is 3.14. The molecule has 8 nitrogen and oxygen atoms in total. The van der Waals surface area contributed by atoms with Crippen molar-refractivity contribution in [1.29, 1.82) is 0 Å². The first kappa shape index (κ1) is 18.2. The van der Waals surface area contributed by atoms with Crippen molar-refractivity contribution in [2.45, 2.75) is 6.92 Å². The van der Waals surface area contributed by atoms with Gasteiger partial charge in [-0.2, -0.15) is 0 Å². The summed E-state index contributed by atoms with van der Waals surface area (Å²) in [6, 6.07) is 16.8. The fraction of sp³-hybridized carbons (Fsp3) is 0.0476. The number of H-pyrrole nitrogens is 1. The Labute approximate surface area is 164 Å². The van der Waals surface area contributed by atoms with Crippen LogP contribution in [0.4, 0.5) is 11.4 Å². The number of aromatic hydroxyl groups is 1. The SMILES string of the molecule is Cc1[nH]n(-c2ccccc2)c(=O)c1N=Nc1c(O)cc(C(=O)O)c2ccccc12. The molecule has 3 aromatic carbocycles. The van der Waals surface area contributed by atoms with Crippen LogP contribution in [-0.4, -0.2) is 26.0 Å². The number of carbonyl (C=O) groups is 1. The number of azo groups is 1. The average molecular weight is 388 g/mol. The summed E-state index contributed by atoms with van der Waals surface area (Å²) in [5.74, 6) is -1.49. The van der Waals surface area contributed by atoms with Gasteiger partial charge in [-0.15, -0.1) is 10.2 Å². The van der Waals surface area contributed by atoms with E-state index in [1.807, 2.05) is 18.2 Å². The molecule has 0 aliphatic carbocycles. The van der Waals surface area contributed by atoms with E-state index in [1.54, 1.807) is 43.3 Å². The summed E-state index contributed by atoms with van der Waals surface area (Å²) in [6.07, 6.45) is 0. The number of aromatic amines is 1. The summed E-state index contributed by atoms with van der Waals surface area (Å²) in [6.45, 7) is 1.70. The molecule has 4 aromatic rings. The highest BCUT2D eigenvalue weighted by molar-refractivity contribution is 6.08. The number of aryl methyl sites for hydroxylation is 1. The Morgan fingerprint density at radius 2 is 1.59 bits per heavy atom. The maximum atomic E-state index is 12.7. The van der Waals surface area contributed by atoms with Gasteiger partial charge in [0.2, 0.25) is 0 Å². The zero-order valence-corrected chi connectivity index (χ0v) is 15.3. The van der Waals surface area contributed by atoms with Gasteiger partial charge in [0.25, 0.3) is 5.56 Å². The molecule has 29 heavy (non-hydrogen) atoms. The number of aromatic nitrogens is 2. The van der Waals surface area contributed by atoms with Crippen LogP contribution in [0.3, 0.4) is 0 Å². The summed E-state index contributed by atoms with van der Waals surface area (Å²) in [4.78, 5) is 24.2. The van der Waals surface area contributed by atoms with Gasteiger partial charge in [-0.25, -0.2) is 9.48 Å². The van der Waals surface area contributed by atoms with E-state index in [0.29, 0.717) is 22.2 Å². The van der Waals surface area contributed by atoms with Crippen LogP contribution in [0.1, 0.15) is 16.1 Å². The lowest BCUT2D eigenvalue weighted by Gasteiger charge is -2.07. The summed E-state index contributed by atoms with van der Waals surface area (Å²) in [7, 11) is 0. The Hall–Kier alpha value is -4.20. The van der Waals surface area contributed by atoms with E-state index in [2.05, 4.69) is 15.3 Å². The summed E-state index contributed by atoms with van der Waals surface area (Å²) in [5, 5.41) is 31.6. The third kappa shape index (κ3) is 3.16. The molecule has 1 heterocycles. The Morgan fingerprint density at radius 1 is 0.966 bits per heavy atom. The van der Waals surface area contributed by atoms with Gasteiger partial charge in [-0.3, -0.25) is 9.89 Å². The molecule has 0 bridgehead atoms. The number of hydrogen-bond acceptors (Lipinski definition) is 5. The average Bonchev–Trinajstić information content (AvgIpc) is 3.01. The molecule has 0 unspecified atom stereocenters. The van der Waals surface area contributed by atoms with Crippen molar-refractivity contribution in [3.05, 3.63) is 82.3 Å². The molecule has 4 rings (SSSR count). The summed E-state index contributed by atoms with van der Waals surface area (Å²) >= 11 is 0. The third-order valence-corrected chi connectivity index (χ3v) is 4.53. The number of rotatable bonds is 4. The Kier molecular flexibility index (Phi) is 4.44. The third-order valence-electron chi connectivity index (χ3n) is 4.53. The molecule has 0 fully saturated rings. The van der Waals surface area contributed by atoms with E-state index in [1.165, 1.54) is 4.68 Å². The molecule has 3 N–H and O–H groups in total. The van der Waals surface area contributed by atoms with E-state index < -0.39 is 5.97 Å². The second-order valence-electron chi connectivity index (χ2n) is 6.40. The van der Waals surface area contributed by atoms with E-state index in [-0.39, 0.29) is 28.2 Å². The quantitative estimate of drug-likeness (QED) is 0.447. The smallest absolute Gasteiger partial charge is 0.336 e. The molecule has 0 aliphatic rings. The zero-order chi connectivity index (χ0) is 20.5. The predicted octanol–water partition coefficient (Wildman–Crippen LogP) is 4.45. The van der Waals surface area contributed by atoms with E-state index >= 15 is 0 Å². The number of benzene rings is 3. The van der Waals surface area contributed by atoms with Gasteiger partial charge in [0.1, 0.15) is 11.4 Å². The lowest BCUT2D eigenvalue weighted by molar-refractivity contribution is 0.0698. The molecule has 0 amide bonds. The standard InChI is InChI=1S/C21H16N4O4/c1-12-18(20(27)25(24-12)13-7-3-2-4-8-13)22-23-19-15-10-6-5-9-14(15)16(21(28)29)11-17(19)26/h2-11,24,26H,1H3,(H,28,29). The van der Waals surface area contributed by atoms with Crippen molar-refractivity contribution in [2.24, 2.45) is 10.2 Å². The van der Waals surface area contributed by atoms with E-state index in [9.17, 15) is 19.8 Å². The van der Waals surface area contributed by atoms with Crippen LogP contribution >= 0.6 is 0 Å². The van der Waals surface area contributed by atoms with Crippen LogP contribution < -0.4 is 5.56 Å². The highest BCUT2D eigenvalue weighted by Crippen LogP contribution is 2.38. The van der Waals surface area contributed by atoms with Crippen molar-refractivity contribution in [2.75, 3.05) is 0 Å². The number of nitrogens with zero attached hydrogens (tertiary/aromatic N) is 3. The minimum atomic E-state index is -1.16. The molecular weight excluding hydrogens is 372 g/mol. The van der Waals surface area contributed by atoms with Crippen molar-refractivity contribution >= 4 is 28.1 Å². The molecule has 0 radical (unpaired) electrons. The van der Waals surface area contributed by atoms with Gasteiger partial charge >= 0.3 is 5.97 Å². The van der Waals surface area contributed by atoms with Gasteiger partial charge in [0.05, 0.1) is 16.9 Å². The first-order valence-corrected chi connectivity index (χ1v) is 8.74. The van der Waals surface area contributed by atoms with Crippen molar-refractivity contribution in [3.8, 4) is 11.4 Å². The van der Waals surface area contributed by atoms with Crippen LogP contribution in [0.25, 0.3) is 16.5 Å². The Bertz CT molecular complexity index is 1320. The number of aromatic carboxylic acids is 1. The molecule has 0 spiro atoms.